The average molecular weight is 470 g/mol. The Bertz CT molecular complexity index is 789. The van der Waals surface area contributed by atoms with Crippen molar-refractivity contribution in [3.8, 4) is 0 Å². The third kappa shape index (κ3) is 4.22. The van der Waals surface area contributed by atoms with E-state index in [1.807, 2.05) is 0 Å². The molecule has 0 aliphatic heterocycles. The van der Waals surface area contributed by atoms with E-state index in [2.05, 4.69) is 16.0 Å². The van der Waals surface area contributed by atoms with Crippen LogP contribution in [0, 0.1) is 0 Å². The van der Waals surface area contributed by atoms with E-state index in [1.54, 1.807) is 0 Å². The Balaban J connectivity index is 2.48. The first-order valence-corrected chi connectivity index (χ1v) is 8.58. The van der Waals surface area contributed by atoms with Crippen molar-refractivity contribution < 1.29 is 0 Å². The topological polar surface area (TPSA) is 24.7 Å². The first kappa shape index (κ1) is 19.5. The molecule has 0 saturated heterocycles. The van der Waals surface area contributed by atoms with E-state index < -0.39 is 0 Å². The molecule has 0 N–H and O–H groups in total. The number of halogens is 8. The van der Waals surface area contributed by atoms with Gasteiger partial charge in [0.05, 0.1) is 51.6 Å². The third-order valence-electron chi connectivity index (χ3n) is 2.51. The molecule has 0 aromatic heterocycles. The third-order valence-corrected chi connectivity index (χ3v) is 5.99. The van der Waals surface area contributed by atoms with Crippen molar-refractivity contribution in [1.29, 1.82) is 0 Å². The van der Waals surface area contributed by atoms with E-state index in [1.165, 1.54) is 12.1 Å². The predicted octanol–water partition coefficient (Wildman–Crippen LogP) is 9.05. The molecule has 0 bridgehead atoms. The van der Waals surface area contributed by atoms with E-state index >= 15 is 0 Å². The second-order valence-corrected chi connectivity index (χ2v) is 7.04. The van der Waals surface area contributed by atoms with Crippen molar-refractivity contribution in [1.82, 2.24) is 0 Å². The summed E-state index contributed by atoms with van der Waals surface area (Å²) in [4.78, 5) is 7.87. The summed E-state index contributed by atoms with van der Waals surface area (Å²) in [5.41, 5.74) is 0.467. The second kappa shape index (κ2) is 8.01. The van der Waals surface area contributed by atoms with E-state index in [0.29, 0.717) is 0 Å². The van der Waals surface area contributed by atoms with Crippen LogP contribution in [0.4, 0.5) is 11.4 Å². The van der Waals surface area contributed by atoms with Gasteiger partial charge in [0, 0.05) is 0 Å². The van der Waals surface area contributed by atoms with Crippen molar-refractivity contribution in [2.75, 3.05) is 0 Å². The van der Waals surface area contributed by atoms with Gasteiger partial charge in [-0.1, -0.05) is 92.8 Å². The van der Waals surface area contributed by atoms with Gasteiger partial charge in [-0.3, -0.25) is 0 Å². The van der Waals surface area contributed by atoms with Gasteiger partial charge < -0.3 is 0 Å². The SMILES string of the molecule is Clc1cc(N=C=Nc2cc(Cl)c(Cl)c(Cl)c2Cl)c(Cl)c(Cl)c1Cl. The summed E-state index contributed by atoms with van der Waals surface area (Å²) in [5, 5.41) is 1.04. The van der Waals surface area contributed by atoms with Crippen LogP contribution in [0.3, 0.4) is 0 Å². The maximum atomic E-state index is 6.02. The first-order chi connectivity index (χ1) is 10.7. The molecule has 0 aliphatic carbocycles. The number of aliphatic imine (C=N–C) groups is 2. The van der Waals surface area contributed by atoms with Crippen LogP contribution in [-0.4, -0.2) is 6.01 Å². The Labute approximate surface area is 171 Å². The lowest BCUT2D eigenvalue weighted by atomic mass is 10.3. The Morgan fingerprint density at radius 1 is 0.522 bits per heavy atom. The number of nitrogens with zero attached hydrogens (tertiary/aromatic N) is 2. The van der Waals surface area contributed by atoms with Crippen molar-refractivity contribution in [3.05, 3.63) is 52.3 Å². The minimum Gasteiger partial charge on any atom is -0.186 e. The van der Waals surface area contributed by atoms with Crippen LogP contribution < -0.4 is 0 Å². The predicted molar refractivity (Wildman–Crippen MR) is 102 cm³/mol. The Kier molecular flexibility index (Phi) is 6.78. The maximum absolute atomic E-state index is 6.02. The van der Waals surface area contributed by atoms with Crippen LogP contribution >= 0.6 is 92.8 Å². The van der Waals surface area contributed by atoms with E-state index in [-0.39, 0.29) is 51.6 Å². The molecule has 10 heteroatoms. The fraction of sp³-hybridized carbons (Fsp3) is 0. The molecular weight excluding hydrogens is 468 g/mol. The molecule has 120 valence electrons. The molecule has 0 heterocycles. The first-order valence-electron chi connectivity index (χ1n) is 5.56. The summed E-state index contributed by atoms with van der Waals surface area (Å²) in [6.07, 6.45) is 0. The fourth-order valence-corrected chi connectivity index (χ4v) is 3.08. The lowest BCUT2D eigenvalue weighted by Crippen LogP contribution is -1.77. The highest BCUT2D eigenvalue weighted by Gasteiger charge is 2.13. The van der Waals surface area contributed by atoms with Crippen molar-refractivity contribution in [2.24, 2.45) is 9.98 Å². The number of rotatable bonds is 2. The molecule has 0 unspecified atom stereocenters. The molecule has 2 aromatic carbocycles. The normalized spacial score (nSPS) is 10.4. The average Bonchev–Trinajstić information content (AvgIpc) is 2.52. The minimum absolute atomic E-state index is 0.0806. The van der Waals surface area contributed by atoms with Gasteiger partial charge in [0.25, 0.3) is 0 Å². The highest BCUT2D eigenvalue weighted by molar-refractivity contribution is 6.53. The Hall–Kier alpha value is 0.140. The molecule has 0 fully saturated rings. The van der Waals surface area contributed by atoms with E-state index in [9.17, 15) is 0 Å². The zero-order valence-electron chi connectivity index (χ0n) is 10.6. The summed E-state index contributed by atoms with van der Waals surface area (Å²) < 4.78 is 0. The van der Waals surface area contributed by atoms with Gasteiger partial charge in [-0.05, 0) is 12.1 Å². The number of hydrogen-bond donors (Lipinski definition) is 0. The highest BCUT2D eigenvalue weighted by atomic mass is 35.5. The molecule has 2 nitrogen and oxygen atoms in total. The molecule has 0 atom stereocenters. The van der Waals surface area contributed by atoms with Crippen LogP contribution in [0.2, 0.25) is 40.2 Å². The fourth-order valence-electron chi connectivity index (χ4n) is 1.42. The summed E-state index contributed by atoms with van der Waals surface area (Å²) in [5.74, 6) is 0. The van der Waals surface area contributed by atoms with Gasteiger partial charge >= 0.3 is 0 Å². The summed E-state index contributed by atoms with van der Waals surface area (Å²) in [6.45, 7) is 0. The molecule has 2 aromatic rings. The van der Waals surface area contributed by atoms with Gasteiger partial charge in [-0.2, -0.15) is 9.98 Å². The van der Waals surface area contributed by atoms with Crippen LogP contribution in [0.5, 0.6) is 0 Å². The maximum Gasteiger partial charge on any atom is 0.101 e. The minimum atomic E-state index is 0.0806. The van der Waals surface area contributed by atoms with Crippen LogP contribution in [-0.2, 0) is 0 Å². The second-order valence-electron chi connectivity index (χ2n) is 3.96. The lowest BCUT2D eigenvalue weighted by Gasteiger charge is -2.04. The molecular formula is C13H2Cl8N2. The van der Waals surface area contributed by atoms with Crippen molar-refractivity contribution in [2.45, 2.75) is 0 Å². The van der Waals surface area contributed by atoms with Crippen molar-refractivity contribution in [3.63, 3.8) is 0 Å². The largest absolute Gasteiger partial charge is 0.186 e. The van der Waals surface area contributed by atoms with Crippen molar-refractivity contribution >= 4 is 110 Å². The Morgan fingerprint density at radius 2 is 0.870 bits per heavy atom. The highest BCUT2D eigenvalue weighted by Crippen LogP contribution is 2.43. The molecule has 0 radical (unpaired) electrons. The summed E-state index contributed by atoms with van der Waals surface area (Å²) in [7, 11) is 0. The molecule has 23 heavy (non-hydrogen) atoms. The smallest absolute Gasteiger partial charge is 0.101 e. The number of hydrogen-bond acceptors (Lipinski definition) is 2. The van der Waals surface area contributed by atoms with Crippen LogP contribution in [0.15, 0.2) is 22.1 Å². The van der Waals surface area contributed by atoms with Gasteiger partial charge in [0.1, 0.15) is 6.01 Å². The molecule has 0 amide bonds. The van der Waals surface area contributed by atoms with Gasteiger partial charge in [0.2, 0.25) is 0 Å². The monoisotopic (exact) mass is 466 g/mol. The zero-order valence-corrected chi connectivity index (χ0v) is 16.6. The van der Waals surface area contributed by atoms with E-state index in [0.717, 1.165) is 0 Å². The van der Waals surface area contributed by atoms with E-state index in [4.69, 9.17) is 92.8 Å². The zero-order chi connectivity index (χ0) is 17.3. The lowest BCUT2D eigenvalue weighted by molar-refractivity contribution is 1.49. The quantitative estimate of drug-likeness (QED) is 0.238. The molecule has 0 aliphatic rings. The van der Waals surface area contributed by atoms with Gasteiger partial charge in [0.15, 0.2) is 0 Å². The molecule has 0 spiro atoms. The standard InChI is InChI=1S/C13H2Cl8N2/c14-4-1-6(10(18)12(20)8(4)16)22-3-23-7-2-5(15)9(17)13(21)11(7)19/h1-2H. The van der Waals surface area contributed by atoms with Crippen LogP contribution in [0.25, 0.3) is 0 Å². The summed E-state index contributed by atoms with van der Waals surface area (Å²) in [6, 6.07) is 5.25. The van der Waals surface area contributed by atoms with Gasteiger partial charge in [-0.25, -0.2) is 0 Å². The van der Waals surface area contributed by atoms with Crippen LogP contribution in [0.1, 0.15) is 0 Å². The Morgan fingerprint density at radius 3 is 1.22 bits per heavy atom. The van der Waals surface area contributed by atoms with Gasteiger partial charge in [-0.15, -0.1) is 0 Å². The number of benzene rings is 2. The molecule has 0 saturated carbocycles. The molecule has 2 rings (SSSR count). The summed E-state index contributed by atoms with van der Waals surface area (Å²) >= 11 is 47.4.